The fourth-order valence-electron chi connectivity index (χ4n) is 4.30. The van der Waals surface area contributed by atoms with Crippen LogP contribution in [0, 0.1) is 0 Å². The summed E-state index contributed by atoms with van der Waals surface area (Å²) < 4.78 is 0. The zero-order valence-electron chi connectivity index (χ0n) is 15.2. The highest BCUT2D eigenvalue weighted by Crippen LogP contribution is 2.35. The molecule has 0 aliphatic carbocycles. The van der Waals surface area contributed by atoms with E-state index in [4.69, 9.17) is 0 Å². The SMILES string of the molecule is Cl.O=C(CCN1CCCC1c1cccc2ccccc12)N1CCNCC1. The van der Waals surface area contributed by atoms with Gasteiger partial charge in [-0.05, 0) is 35.7 Å². The van der Waals surface area contributed by atoms with E-state index in [9.17, 15) is 4.79 Å². The van der Waals surface area contributed by atoms with Gasteiger partial charge in [-0.15, -0.1) is 12.4 Å². The number of hydrogen-bond acceptors (Lipinski definition) is 3. The predicted octanol–water partition coefficient (Wildman–Crippen LogP) is 3.22. The van der Waals surface area contributed by atoms with Gasteiger partial charge in [-0.25, -0.2) is 0 Å². The fraction of sp³-hybridized carbons (Fsp3) is 0.476. The van der Waals surface area contributed by atoms with E-state index >= 15 is 0 Å². The second-order valence-corrected chi connectivity index (χ2v) is 7.14. The summed E-state index contributed by atoms with van der Waals surface area (Å²) in [6.45, 7) is 5.53. The molecule has 0 saturated carbocycles. The molecule has 0 bridgehead atoms. The molecule has 4 nitrogen and oxygen atoms in total. The number of benzene rings is 2. The highest BCUT2D eigenvalue weighted by Gasteiger charge is 2.28. The van der Waals surface area contributed by atoms with Crippen LogP contribution in [0.5, 0.6) is 0 Å². The lowest BCUT2D eigenvalue weighted by Crippen LogP contribution is -2.47. The maximum absolute atomic E-state index is 12.5. The Kier molecular flexibility index (Phi) is 6.52. The first-order valence-electron chi connectivity index (χ1n) is 9.53. The number of piperazine rings is 1. The van der Waals surface area contributed by atoms with Gasteiger partial charge in [0.1, 0.15) is 0 Å². The molecule has 2 saturated heterocycles. The van der Waals surface area contributed by atoms with Gasteiger partial charge in [0.15, 0.2) is 0 Å². The molecule has 2 aliphatic heterocycles. The summed E-state index contributed by atoms with van der Waals surface area (Å²) in [5, 5.41) is 5.97. The number of nitrogens with zero attached hydrogens (tertiary/aromatic N) is 2. The fourth-order valence-corrected chi connectivity index (χ4v) is 4.30. The molecule has 1 N–H and O–H groups in total. The number of amides is 1. The topological polar surface area (TPSA) is 35.6 Å². The normalized spacial score (nSPS) is 20.9. The van der Waals surface area contributed by atoms with Crippen LogP contribution in [0.25, 0.3) is 10.8 Å². The predicted molar refractivity (Wildman–Crippen MR) is 109 cm³/mol. The summed E-state index contributed by atoms with van der Waals surface area (Å²) in [6.07, 6.45) is 3.05. The quantitative estimate of drug-likeness (QED) is 0.893. The van der Waals surface area contributed by atoms with E-state index in [-0.39, 0.29) is 12.4 Å². The van der Waals surface area contributed by atoms with Crippen LogP contribution in [0.2, 0.25) is 0 Å². The van der Waals surface area contributed by atoms with Crippen LogP contribution >= 0.6 is 12.4 Å². The van der Waals surface area contributed by atoms with Gasteiger partial charge in [-0.2, -0.15) is 0 Å². The Labute approximate surface area is 161 Å². The van der Waals surface area contributed by atoms with Crippen LogP contribution in [0.3, 0.4) is 0 Å². The Bertz CT molecular complexity index is 740. The third-order valence-electron chi connectivity index (χ3n) is 5.63. The number of hydrogen-bond donors (Lipinski definition) is 1. The van der Waals surface area contributed by atoms with E-state index in [1.165, 1.54) is 29.2 Å². The molecule has 1 amide bonds. The smallest absolute Gasteiger partial charge is 0.223 e. The number of nitrogens with one attached hydrogen (secondary N) is 1. The molecular weight excluding hydrogens is 346 g/mol. The lowest BCUT2D eigenvalue weighted by atomic mass is 9.97. The van der Waals surface area contributed by atoms with Crippen LogP contribution in [0.4, 0.5) is 0 Å². The first kappa shape index (κ1) is 19.2. The number of rotatable bonds is 4. The van der Waals surface area contributed by atoms with Crippen molar-refractivity contribution in [2.75, 3.05) is 39.3 Å². The summed E-state index contributed by atoms with van der Waals surface area (Å²) in [5.74, 6) is 0.310. The zero-order chi connectivity index (χ0) is 17.1. The molecule has 140 valence electrons. The number of halogens is 1. The first-order valence-corrected chi connectivity index (χ1v) is 9.53. The second kappa shape index (κ2) is 8.85. The lowest BCUT2D eigenvalue weighted by molar-refractivity contribution is -0.132. The molecule has 2 fully saturated rings. The highest BCUT2D eigenvalue weighted by molar-refractivity contribution is 5.86. The molecule has 0 spiro atoms. The van der Waals surface area contributed by atoms with E-state index in [1.807, 2.05) is 4.90 Å². The number of likely N-dealkylation sites (tertiary alicyclic amines) is 1. The summed E-state index contributed by atoms with van der Waals surface area (Å²) in [7, 11) is 0. The van der Waals surface area contributed by atoms with Crippen LogP contribution in [-0.4, -0.2) is 55.0 Å². The van der Waals surface area contributed by atoms with Crippen LogP contribution in [-0.2, 0) is 4.79 Å². The Balaban J connectivity index is 0.00000196. The van der Waals surface area contributed by atoms with Crippen molar-refractivity contribution in [3.8, 4) is 0 Å². The van der Waals surface area contributed by atoms with Crippen molar-refractivity contribution in [2.24, 2.45) is 0 Å². The third-order valence-corrected chi connectivity index (χ3v) is 5.63. The van der Waals surface area contributed by atoms with Crippen molar-refractivity contribution >= 4 is 29.1 Å². The lowest BCUT2D eigenvalue weighted by Gasteiger charge is -2.30. The monoisotopic (exact) mass is 373 g/mol. The van der Waals surface area contributed by atoms with Crippen LogP contribution in [0.1, 0.15) is 30.9 Å². The van der Waals surface area contributed by atoms with Gasteiger partial charge in [-0.3, -0.25) is 9.69 Å². The molecule has 2 aromatic carbocycles. The number of carbonyl (C=O) groups is 1. The van der Waals surface area contributed by atoms with E-state index in [2.05, 4.69) is 52.7 Å². The molecule has 0 radical (unpaired) electrons. The van der Waals surface area contributed by atoms with Crippen molar-refractivity contribution in [3.63, 3.8) is 0 Å². The second-order valence-electron chi connectivity index (χ2n) is 7.14. The summed E-state index contributed by atoms with van der Waals surface area (Å²) in [4.78, 5) is 17.0. The average molecular weight is 374 g/mol. The number of carbonyl (C=O) groups excluding carboxylic acids is 1. The van der Waals surface area contributed by atoms with E-state index in [0.717, 1.165) is 39.3 Å². The van der Waals surface area contributed by atoms with Gasteiger partial charge < -0.3 is 10.2 Å². The minimum atomic E-state index is 0. The maximum Gasteiger partial charge on any atom is 0.223 e. The summed E-state index contributed by atoms with van der Waals surface area (Å²) >= 11 is 0. The summed E-state index contributed by atoms with van der Waals surface area (Å²) in [5.41, 5.74) is 1.42. The molecular formula is C21H28ClN3O. The average Bonchev–Trinajstić information content (AvgIpc) is 3.14. The molecule has 1 atom stereocenters. The van der Waals surface area contributed by atoms with Gasteiger partial charge in [0.05, 0.1) is 0 Å². The Morgan fingerprint density at radius 3 is 2.65 bits per heavy atom. The van der Waals surface area contributed by atoms with Crippen molar-refractivity contribution < 1.29 is 4.79 Å². The first-order chi connectivity index (χ1) is 12.3. The molecule has 4 rings (SSSR count). The molecule has 5 heteroatoms. The molecule has 2 aromatic rings. The van der Waals surface area contributed by atoms with Gasteiger partial charge in [0, 0.05) is 45.2 Å². The van der Waals surface area contributed by atoms with Gasteiger partial charge >= 0.3 is 0 Å². The Hall–Kier alpha value is -1.62. The largest absolute Gasteiger partial charge is 0.340 e. The van der Waals surface area contributed by atoms with Gasteiger partial charge in [0.2, 0.25) is 5.91 Å². The Morgan fingerprint density at radius 1 is 1.04 bits per heavy atom. The maximum atomic E-state index is 12.5. The van der Waals surface area contributed by atoms with E-state index in [1.54, 1.807) is 0 Å². The van der Waals surface area contributed by atoms with Gasteiger partial charge in [0.25, 0.3) is 0 Å². The molecule has 0 aromatic heterocycles. The van der Waals surface area contributed by atoms with E-state index in [0.29, 0.717) is 18.4 Å². The van der Waals surface area contributed by atoms with Crippen molar-refractivity contribution in [3.05, 3.63) is 48.0 Å². The molecule has 2 aliphatic rings. The van der Waals surface area contributed by atoms with Crippen molar-refractivity contribution in [1.29, 1.82) is 0 Å². The summed E-state index contributed by atoms with van der Waals surface area (Å²) in [6, 6.07) is 15.7. The Morgan fingerprint density at radius 2 is 1.81 bits per heavy atom. The minimum Gasteiger partial charge on any atom is -0.340 e. The standard InChI is InChI=1S/C21H27N3O.ClH/c25-21(24-15-11-22-12-16-24)10-14-23-13-4-9-20(23)19-8-3-6-17-5-1-2-7-18(17)19;/h1-3,5-8,20,22H,4,9-16H2;1H. The third kappa shape index (κ3) is 4.03. The van der Waals surface area contributed by atoms with Crippen LogP contribution < -0.4 is 5.32 Å². The van der Waals surface area contributed by atoms with Crippen LogP contribution in [0.15, 0.2) is 42.5 Å². The molecule has 26 heavy (non-hydrogen) atoms. The number of fused-ring (bicyclic) bond motifs is 1. The van der Waals surface area contributed by atoms with E-state index < -0.39 is 0 Å². The highest BCUT2D eigenvalue weighted by atomic mass is 35.5. The van der Waals surface area contributed by atoms with Crippen molar-refractivity contribution in [1.82, 2.24) is 15.1 Å². The minimum absolute atomic E-state index is 0. The molecule has 1 unspecified atom stereocenters. The molecule has 2 heterocycles. The van der Waals surface area contributed by atoms with Gasteiger partial charge in [-0.1, -0.05) is 42.5 Å². The zero-order valence-corrected chi connectivity index (χ0v) is 16.0. The van der Waals surface area contributed by atoms with Crippen molar-refractivity contribution in [2.45, 2.75) is 25.3 Å².